The van der Waals surface area contributed by atoms with Crippen molar-refractivity contribution in [3.05, 3.63) is 23.8 Å². The molecule has 1 rings (SSSR count). The van der Waals surface area contributed by atoms with Gasteiger partial charge in [-0.1, -0.05) is 11.6 Å². The molecule has 0 unspecified atom stereocenters. The fourth-order valence-corrected chi connectivity index (χ4v) is 0.984. The van der Waals surface area contributed by atoms with E-state index in [0.29, 0.717) is 11.3 Å². The average Bonchev–Trinajstić information content (AvgIpc) is 2.03. The second-order valence-electron chi connectivity index (χ2n) is 2.20. The second kappa shape index (κ2) is 3.45. The summed E-state index contributed by atoms with van der Waals surface area (Å²) in [5, 5.41) is 16.2. The van der Waals surface area contributed by atoms with Crippen molar-refractivity contribution < 1.29 is 9.84 Å². The molecule has 0 aliphatic carbocycles. The largest absolute Gasteiger partial charge is 0.507 e. The molecule has 0 saturated carbocycles. The number of phenolic OH excluding ortho intramolecular Hbond substituents is 1. The molecule has 0 heterocycles. The zero-order chi connectivity index (χ0) is 9.14. The van der Waals surface area contributed by atoms with E-state index in [2.05, 4.69) is 0 Å². The summed E-state index contributed by atoms with van der Waals surface area (Å²) in [4.78, 5) is 0. The lowest BCUT2D eigenvalue weighted by Crippen LogP contribution is -1.90. The minimum atomic E-state index is -0.185. The van der Waals surface area contributed by atoms with Gasteiger partial charge in [-0.25, -0.2) is 0 Å². The molecule has 0 radical (unpaired) electrons. The first-order valence-electron chi connectivity index (χ1n) is 3.26. The smallest absolute Gasteiger partial charge is 0.131 e. The van der Waals surface area contributed by atoms with E-state index < -0.39 is 0 Å². The Morgan fingerprint density at radius 2 is 2.25 bits per heavy atom. The molecule has 0 aromatic heterocycles. The molecule has 0 bridgehead atoms. The van der Waals surface area contributed by atoms with E-state index in [4.69, 9.17) is 21.7 Å². The fourth-order valence-electron chi connectivity index (χ4n) is 0.824. The average molecular weight is 186 g/mol. The number of hydrogen-bond donors (Lipinski definition) is 2. The van der Waals surface area contributed by atoms with Gasteiger partial charge >= 0.3 is 0 Å². The molecule has 0 amide bonds. The molecule has 4 heteroatoms. The first-order valence-corrected chi connectivity index (χ1v) is 3.64. The van der Waals surface area contributed by atoms with E-state index in [1.807, 2.05) is 0 Å². The zero-order valence-corrected chi connectivity index (χ0v) is 7.22. The molecular formula is C8H8ClNO2. The third-order valence-electron chi connectivity index (χ3n) is 1.44. The highest BCUT2D eigenvalue weighted by Crippen LogP contribution is 2.24. The van der Waals surface area contributed by atoms with Crippen LogP contribution >= 0.6 is 11.6 Å². The number of rotatable bonds is 2. The van der Waals surface area contributed by atoms with E-state index in [1.54, 1.807) is 6.07 Å². The predicted octanol–water partition coefficient (Wildman–Crippen LogP) is 1.96. The third kappa shape index (κ3) is 1.68. The summed E-state index contributed by atoms with van der Waals surface area (Å²) < 4.78 is 4.86. The van der Waals surface area contributed by atoms with Gasteiger partial charge in [0.05, 0.1) is 12.7 Å². The van der Waals surface area contributed by atoms with Gasteiger partial charge in [-0.15, -0.1) is 0 Å². The zero-order valence-electron chi connectivity index (χ0n) is 6.47. The van der Waals surface area contributed by atoms with Gasteiger partial charge in [0.1, 0.15) is 16.7 Å². The lowest BCUT2D eigenvalue weighted by molar-refractivity contribution is 0.407. The van der Waals surface area contributed by atoms with Crippen molar-refractivity contribution in [3.63, 3.8) is 0 Å². The number of aromatic hydroxyl groups is 1. The summed E-state index contributed by atoms with van der Waals surface area (Å²) in [5.74, 6) is 0.489. The monoisotopic (exact) mass is 185 g/mol. The summed E-state index contributed by atoms with van der Waals surface area (Å²) in [6.45, 7) is 0. The number of nitrogens with one attached hydrogen (secondary N) is 1. The maximum absolute atomic E-state index is 9.29. The predicted molar refractivity (Wildman–Crippen MR) is 47.3 cm³/mol. The molecule has 2 N–H and O–H groups in total. The number of halogens is 1. The van der Waals surface area contributed by atoms with Crippen molar-refractivity contribution in [2.24, 2.45) is 0 Å². The Kier molecular flexibility index (Phi) is 2.55. The minimum Gasteiger partial charge on any atom is -0.507 e. The van der Waals surface area contributed by atoms with Crippen LogP contribution in [-0.2, 0) is 0 Å². The Balaban J connectivity index is 3.12. The summed E-state index contributed by atoms with van der Waals surface area (Å²) in [5.41, 5.74) is 0.303. The molecule has 0 atom stereocenters. The molecular weight excluding hydrogens is 178 g/mol. The highest BCUT2D eigenvalue weighted by Gasteiger charge is 2.05. The number of hydrogen-bond acceptors (Lipinski definition) is 3. The molecule has 1 aromatic rings. The molecule has 0 saturated heterocycles. The van der Waals surface area contributed by atoms with E-state index in [0.717, 1.165) is 0 Å². The summed E-state index contributed by atoms with van der Waals surface area (Å²) in [6, 6.07) is 4.57. The Morgan fingerprint density at radius 3 is 2.67 bits per heavy atom. The summed E-state index contributed by atoms with van der Waals surface area (Å²) in [7, 11) is 1.50. The molecule has 0 spiro atoms. The quantitative estimate of drug-likeness (QED) is 0.693. The van der Waals surface area contributed by atoms with Crippen molar-refractivity contribution in [2.75, 3.05) is 7.11 Å². The standard InChI is InChI=1S/C8H8ClNO2/c1-12-5-2-3-6(8(9)10)7(11)4-5/h2-4,10-11H,1H3. The molecule has 1 aromatic carbocycles. The van der Waals surface area contributed by atoms with E-state index in [1.165, 1.54) is 19.2 Å². The Hall–Kier alpha value is -1.22. The topological polar surface area (TPSA) is 53.3 Å². The van der Waals surface area contributed by atoms with Crippen LogP contribution in [0.5, 0.6) is 11.5 Å². The number of phenols is 1. The van der Waals surface area contributed by atoms with Crippen molar-refractivity contribution in [3.8, 4) is 11.5 Å². The van der Waals surface area contributed by atoms with E-state index in [-0.39, 0.29) is 10.9 Å². The van der Waals surface area contributed by atoms with Gasteiger partial charge in [-0.05, 0) is 12.1 Å². The van der Waals surface area contributed by atoms with Crippen molar-refractivity contribution in [2.45, 2.75) is 0 Å². The van der Waals surface area contributed by atoms with Crippen molar-refractivity contribution >= 4 is 16.8 Å². The van der Waals surface area contributed by atoms with Crippen molar-refractivity contribution in [1.82, 2.24) is 0 Å². The van der Waals surface area contributed by atoms with Crippen LogP contribution in [0.3, 0.4) is 0 Å². The number of methoxy groups -OCH3 is 1. The van der Waals surface area contributed by atoms with Gasteiger partial charge in [0.25, 0.3) is 0 Å². The van der Waals surface area contributed by atoms with Crippen LogP contribution < -0.4 is 4.74 Å². The molecule has 0 aliphatic rings. The van der Waals surface area contributed by atoms with Crippen LogP contribution in [0.1, 0.15) is 5.56 Å². The fraction of sp³-hybridized carbons (Fsp3) is 0.125. The van der Waals surface area contributed by atoms with Crippen LogP contribution in [-0.4, -0.2) is 17.4 Å². The molecule has 12 heavy (non-hydrogen) atoms. The summed E-state index contributed by atoms with van der Waals surface area (Å²) >= 11 is 5.39. The van der Waals surface area contributed by atoms with E-state index in [9.17, 15) is 5.11 Å². The van der Waals surface area contributed by atoms with Crippen LogP contribution in [0.25, 0.3) is 0 Å². The Labute approximate surface area is 75.1 Å². The third-order valence-corrected chi connectivity index (χ3v) is 1.64. The molecule has 0 aliphatic heterocycles. The van der Waals surface area contributed by atoms with Crippen molar-refractivity contribution in [1.29, 1.82) is 5.41 Å². The SMILES string of the molecule is COc1ccc(C(=N)Cl)c(O)c1. The highest BCUT2D eigenvalue weighted by molar-refractivity contribution is 6.69. The van der Waals surface area contributed by atoms with Gasteiger partial charge in [0.15, 0.2) is 0 Å². The first-order chi connectivity index (χ1) is 5.65. The lowest BCUT2D eigenvalue weighted by atomic mass is 10.2. The van der Waals surface area contributed by atoms with Crippen LogP contribution in [0, 0.1) is 5.41 Å². The Bertz CT molecular complexity index is 312. The van der Waals surface area contributed by atoms with Crippen LogP contribution in [0.2, 0.25) is 0 Å². The molecule has 0 fully saturated rings. The summed E-state index contributed by atoms with van der Waals surface area (Å²) in [6.07, 6.45) is 0. The van der Waals surface area contributed by atoms with Gasteiger partial charge in [0, 0.05) is 6.07 Å². The molecule has 3 nitrogen and oxygen atoms in total. The maximum atomic E-state index is 9.29. The minimum absolute atomic E-state index is 0.0469. The van der Waals surface area contributed by atoms with Gasteiger partial charge < -0.3 is 9.84 Å². The number of ether oxygens (including phenoxy) is 1. The van der Waals surface area contributed by atoms with Gasteiger partial charge in [-0.3, -0.25) is 5.41 Å². The maximum Gasteiger partial charge on any atom is 0.131 e. The van der Waals surface area contributed by atoms with Crippen LogP contribution in [0.15, 0.2) is 18.2 Å². The van der Waals surface area contributed by atoms with Gasteiger partial charge in [0.2, 0.25) is 0 Å². The first kappa shape index (κ1) is 8.87. The van der Waals surface area contributed by atoms with Gasteiger partial charge in [-0.2, -0.15) is 0 Å². The van der Waals surface area contributed by atoms with E-state index >= 15 is 0 Å². The Morgan fingerprint density at radius 1 is 1.58 bits per heavy atom. The normalized spacial score (nSPS) is 9.50. The highest BCUT2D eigenvalue weighted by atomic mass is 35.5. The lowest BCUT2D eigenvalue weighted by Gasteiger charge is -2.03. The second-order valence-corrected chi connectivity index (χ2v) is 2.58. The number of benzene rings is 1. The van der Waals surface area contributed by atoms with Crippen LogP contribution in [0.4, 0.5) is 0 Å². The molecule has 64 valence electrons.